The number of rotatable bonds is 6. The summed E-state index contributed by atoms with van der Waals surface area (Å²) in [6.07, 6.45) is 0.558. The fraction of sp³-hybridized carbons (Fsp3) is 0.500. The number of benzene rings is 1. The van der Waals surface area contributed by atoms with Gasteiger partial charge in [-0.2, -0.15) is 0 Å². The molecular formula is C16H23NO3. The molecule has 1 atom stereocenters. The molecule has 1 rings (SSSR count). The van der Waals surface area contributed by atoms with Crippen molar-refractivity contribution in [2.75, 3.05) is 6.54 Å². The van der Waals surface area contributed by atoms with E-state index in [4.69, 9.17) is 5.11 Å². The highest BCUT2D eigenvalue weighted by atomic mass is 16.4. The quantitative estimate of drug-likeness (QED) is 0.840. The van der Waals surface area contributed by atoms with Gasteiger partial charge in [-0.1, -0.05) is 32.0 Å². The van der Waals surface area contributed by atoms with Crippen LogP contribution in [0.1, 0.15) is 41.8 Å². The first-order valence-corrected chi connectivity index (χ1v) is 6.90. The van der Waals surface area contributed by atoms with E-state index in [-0.39, 0.29) is 18.4 Å². The van der Waals surface area contributed by atoms with E-state index in [1.165, 1.54) is 0 Å². The number of carboxylic acid groups (broad SMARTS) is 1. The van der Waals surface area contributed by atoms with Crippen molar-refractivity contribution in [3.05, 3.63) is 34.9 Å². The maximum Gasteiger partial charge on any atom is 0.308 e. The van der Waals surface area contributed by atoms with Crippen LogP contribution in [0.3, 0.4) is 0 Å². The van der Waals surface area contributed by atoms with Crippen LogP contribution in [0.2, 0.25) is 0 Å². The zero-order valence-corrected chi connectivity index (χ0v) is 12.6. The van der Waals surface area contributed by atoms with Gasteiger partial charge in [-0.3, -0.25) is 9.59 Å². The molecule has 1 amide bonds. The minimum atomic E-state index is -0.861. The number of carboxylic acids is 1. The van der Waals surface area contributed by atoms with Crippen molar-refractivity contribution in [2.24, 2.45) is 11.8 Å². The summed E-state index contributed by atoms with van der Waals surface area (Å²) in [6.45, 7) is 7.88. The molecule has 0 aliphatic rings. The molecule has 0 aliphatic carbocycles. The van der Waals surface area contributed by atoms with Crippen LogP contribution in [0.4, 0.5) is 0 Å². The maximum absolute atomic E-state index is 12.2. The molecule has 0 aromatic heterocycles. The fourth-order valence-electron chi connectivity index (χ4n) is 2.32. The zero-order valence-electron chi connectivity index (χ0n) is 12.6. The second-order valence-electron chi connectivity index (χ2n) is 5.64. The second kappa shape index (κ2) is 7.08. The number of carbonyl (C=O) groups is 2. The molecule has 0 bridgehead atoms. The zero-order chi connectivity index (χ0) is 15.3. The topological polar surface area (TPSA) is 66.4 Å². The van der Waals surface area contributed by atoms with Gasteiger partial charge in [-0.05, 0) is 37.3 Å². The average Bonchev–Trinajstić information content (AvgIpc) is 2.33. The fourth-order valence-corrected chi connectivity index (χ4v) is 2.32. The van der Waals surface area contributed by atoms with Gasteiger partial charge in [0, 0.05) is 12.1 Å². The number of hydrogen-bond donors (Lipinski definition) is 2. The van der Waals surface area contributed by atoms with E-state index >= 15 is 0 Å². The monoisotopic (exact) mass is 277 g/mol. The molecule has 0 radical (unpaired) electrons. The van der Waals surface area contributed by atoms with Crippen molar-refractivity contribution < 1.29 is 14.7 Å². The van der Waals surface area contributed by atoms with Crippen molar-refractivity contribution >= 4 is 11.9 Å². The summed E-state index contributed by atoms with van der Waals surface area (Å²) in [4.78, 5) is 23.4. The molecular weight excluding hydrogens is 254 g/mol. The van der Waals surface area contributed by atoms with E-state index in [2.05, 4.69) is 5.32 Å². The summed E-state index contributed by atoms with van der Waals surface area (Å²) < 4.78 is 0. The van der Waals surface area contributed by atoms with Gasteiger partial charge in [-0.15, -0.1) is 0 Å². The molecule has 4 nitrogen and oxygen atoms in total. The molecule has 0 spiro atoms. The van der Waals surface area contributed by atoms with Crippen LogP contribution >= 0.6 is 0 Å². The third-order valence-corrected chi connectivity index (χ3v) is 3.32. The van der Waals surface area contributed by atoms with E-state index in [0.29, 0.717) is 12.0 Å². The summed E-state index contributed by atoms with van der Waals surface area (Å²) in [5.74, 6) is -1.31. The number of nitrogens with one attached hydrogen (secondary N) is 1. The van der Waals surface area contributed by atoms with Crippen molar-refractivity contribution in [3.63, 3.8) is 0 Å². The molecule has 2 N–H and O–H groups in total. The Hall–Kier alpha value is -1.84. The van der Waals surface area contributed by atoms with Gasteiger partial charge in [-0.25, -0.2) is 0 Å². The van der Waals surface area contributed by atoms with Crippen molar-refractivity contribution in [1.29, 1.82) is 0 Å². The Labute approximate surface area is 120 Å². The molecule has 1 unspecified atom stereocenters. The highest BCUT2D eigenvalue weighted by Crippen LogP contribution is 2.14. The van der Waals surface area contributed by atoms with Crippen LogP contribution in [-0.4, -0.2) is 23.5 Å². The first-order chi connectivity index (χ1) is 9.32. The average molecular weight is 277 g/mol. The van der Waals surface area contributed by atoms with E-state index in [1.54, 1.807) is 0 Å². The third-order valence-electron chi connectivity index (χ3n) is 3.32. The van der Waals surface area contributed by atoms with Gasteiger partial charge in [0.05, 0.1) is 5.92 Å². The Morgan fingerprint density at radius 3 is 2.20 bits per heavy atom. The molecule has 4 heteroatoms. The van der Waals surface area contributed by atoms with Gasteiger partial charge in [0.25, 0.3) is 5.91 Å². The van der Waals surface area contributed by atoms with Gasteiger partial charge >= 0.3 is 5.97 Å². The highest BCUT2D eigenvalue weighted by Gasteiger charge is 2.20. The second-order valence-corrected chi connectivity index (χ2v) is 5.64. The van der Waals surface area contributed by atoms with E-state index in [1.807, 2.05) is 45.9 Å². The Balaban J connectivity index is 2.73. The number of aliphatic carboxylic acids is 1. The lowest BCUT2D eigenvalue weighted by atomic mass is 9.96. The van der Waals surface area contributed by atoms with E-state index in [0.717, 1.165) is 11.1 Å². The molecule has 0 saturated carbocycles. The third kappa shape index (κ3) is 4.37. The summed E-state index contributed by atoms with van der Waals surface area (Å²) in [7, 11) is 0. The van der Waals surface area contributed by atoms with E-state index < -0.39 is 11.9 Å². The van der Waals surface area contributed by atoms with Crippen LogP contribution in [0.5, 0.6) is 0 Å². The van der Waals surface area contributed by atoms with Crippen molar-refractivity contribution in [2.45, 2.75) is 34.1 Å². The van der Waals surface area contributed by atoms with E-state index in [9.17, 15) is 9.59 Å². The lowest BCUT2D eigenvalue weighted by Crippen LogP contribution is -2.34. The van der Waals surface area contributed by atoms with Crippen LogP contribution in [-0.2, 0) is 4.79 Å². The number of amides is 1. The molecule has 0 saturated heterocycles. The summed E-state index contributed by atoms with van der Waals surface area (Å²) in [5.41, 5.74) is 2.44. The Kier molecular flexibility index (Phi) is 5.74. The molecule has 0 heterocycles. The predicted molar refractivity (Wildman–Crippen MR) is 78.8 cm³/mol. The highest BCUT2D eigenvalue weighted by molar-refractivity contribution is 5.97. The first-order valence-electron chi connectivity index (χ1n) is 6.90. The maximum atomic E-state index is 12.2. The summed E-state index contributed by atoms with van der Waals surface area (Å²) in [5, 5.41) is 11.9. The van der Waals surface area contributed by atoms with Crippen molar-refractivity contribution in [3.8, 4) is 0 Å². The normalized spacial score (nSPS) is 12.2. The minimum absolute atomic E-state index is 0.167. The first kappa shape index (κ1) is 16.2. The van der Waals surface area contributed by atoms with Crippen LogP contribution in [0, 0.1) is 25.7 Å². The smallest absolute Gasteiger partial charge is 0.308 e. The van der Waals surface area contributed by atoms with Crippen LogP contribution in [0.15, 0.2) is 18.2 Å². The summed E-state index contributed by atoms with van der Waals surface area (Å²) in [6, 6.07) is 5.66. The lowest BCUT2D eigenvalue weighted by Gasteiger charge is -2.16. The molecule has 1 aromatic rings. The van der Waals surface area contributed by atoms with Crippen LogP contribution < -0.4 is 5.32 Å². The van der Waals surface area contributed by atoms with Gasteiger partial charge < -0.3 is 10.4 Å². The molecule has 0 fully saturated rings. The number of carbonyl (C=O) groups excluding carboxylic acids is 1. The minimum Gasteiger partial charge on any atom is -0.481 e. The van der Waals surface area contributed by atoms with Crippen molar-refractivity contribution in [1.82, 2.24) is 5.32 Å². The predicted octanol–water partition coefficient (Wildman–Crippen LogP) is 2.78. The standard InChI is InChI=1S/C16H23NO3/c1-10(2)8-13(16(19)20)9-17-15(18)14-11(3)6-5-7-12(14)4/h5-7,10,13H,8-9H2,1-4H3,(H,17,18)(H,19,20). The lowest BCUT2D eigenvalue weighted by molar-refractivity contribution is -0.142. The van der Waals surface area contributed by atoms with Crippen LogP contribution in [0.25, 0.3) is 0 Å². The van der Waals surface area contributed by atoms with Gasteiger partial charge in [0.15, 0.2) is 0 Å². The Bertz CT molecular complexity index is 474. The largest absolute Gasteiger partial charge is 0.481 e. The molecule has 0 aliphatic heterocycles. The number of hydrogen-bond acceptors (Lipinski definition) is 2. The number of aryl methyl sites for hydroxylation is 2. The molecule has 110 valence electrons. The molecule has 20 heavy (non-hydrogen) atoms. The Morgan fingerprint density at radius 2 is 1.75 bits per heavy atom. The Morgan fingerprint density at radius 1 is 1.20 bits per heavy atom. The summed E-state index contributed by atoms with van der Waals surface area (Å²) >= 11 is 0. The van der Waals surface area contributed by atoms with Gasteiger partial charge in [0.1, 0.15) is 0 Å². The molecule has 1 aromatic carbocycles. The SMILES string of the molecule is Cc1cccc(C)c1C(=O)NCC(CC(C)C)C(=O)O. The van der Waals surface area contributed by atoms with Gasteiger partial charge in [0.2, 0.25) is 0 Å².